The lowest BCUT2D eigenvalue weighted by Crippen LogP contribution is -2.26. The Balaban J connectivity index is 0.000000162. The number of amides is 2. The van der Waals surface area contributed by atoms with E-state index in [1.807, 2.05) is 24.3 Å². The summed E-state index contributed by atoms with van der Waals surface area (Å²) in [5.74, 6) is 1.57. The van der Waals surface area contributed by atoms with Crippen LogP contribution in [-0.4, -0.2) is 67.9 Å². The van der Waals surface area contributed by atoms with E-state index < -0.39 is 0 Å². The normalized spacial score (nSPS) is 21.5. The number of nitrogens with zero attached hydrogens (tertiary/aromatic N) is 5. The van der Waals surface area contributed by atoms with Crippen LogP contribution in [0, 0.1) is 11.8 Å². The van der Waals surface area contributed by atoms with Gasteiger partial charge in [-0.2, -0.15) is 0 Å². The van der Waals surface area contributed by atoms with Gasteiger partial charge in [0, 0.05) is 85.3 Å². The summed E-state index contributed by atoms with van der Waals surface area (Å²) in [5.41, 5.74) is 11.5. The van der Waals surface area contributed by atoms with Gasteiger partial charge in [0.1, 0.15) is 24.7 Å². The first kappa shape index (κ1) is 27.2. The number of ketones is 2. The molecule has 4 aliphatic rings. The number of hydrogen-bond acceptors (Lipinski definition) is 8. The Hall–Kier alpha value is -4.41. The second kappa shape index (κ2) is 11.8. The molecule has 0 bridgehead atoms. The average Bonchev–Trinajstić information content (AvgIpc) is 3.52. The zero-order valence-electron chi connectivity index (χ0n) is 21.8. The van der Waals surface area contributed by atoms with Gasteiger partial charge < -0.3 is 24.4 Å². The van der Waals surface area contributed by atoms with Crippen molar-refractivity contribution >= 4 is 34.8 Å². The molecule has 2 aromatic rings. The van der Waals surface area contributed by atoms with E-state index in [4.69, 9.17) is 20.1 Å². The van der Waals surface area contributed by atoms with E-state index in [0.717, 1.165) is 22.5 Å². The predicted octanol–water partition coefficient (Wildman–Crippen LogP) is 2.39. The first-order valence-corrected chi connectivity index (χ1v) is 13.1. The van der Waals surface area contributed by atoms with Crippen LogP contribution in [-0.2, 0) is 32.0 Å². The molecule has 0 saturated carbocycles. The van der Waals surface area contributed by atoms with E-state index >= 15 is 0 Å². The SMILES string of the molecule is O=C1COc2ccc(N3C[C@@H](CO)CC3=O)cc2C1.[N-]=[N+]=NC[C@H]1CC(=O)N(c2ccc3c(c2)CC(=O)CO3)C1. The van der Waals surface area contributed by atoms with Gasteiger partial charge >= 0.3 is 0 Å². The molecule has 1 N–H and O–H groups in total. The summed E-state index contributed by atoms with van der Waals surface area (Å²) in [4.78, 5) is 52.9. The summed E-state index contributed by atoms with van der Waals surface area (Å²) >= 11 is 0. The van der Waals surface area contributed by atoms with Gasteiger partial charge in [-0.05, 0) is 47.8 Å². The van der Waals surface area contributed by atoms with Gasteiger partial charge in [-0.1, -0.05) is 5.11 Å². The molecule has 0 radical (unpaired) electrons. The van der Waals surface area contributed by atoms with Crippen molar-refractivity contribution in [2.45, 2.75) is 25.7 Å². The van der Waals surface area contributed by atoms with Crippen LogP contribution in [0.3, 0.4) is 0 Å². The van der Waals surface area contributed by atoms with Crippen molar-refractivity contribution in [1.82, 2.24) is 0 Å². The van der Waals surface area contributed by atoms with E-state index in [2.05, 4.69) is 10.0 Å². The standard InChI is InChI=1S/C14H14N4O3.C14H15NO4/c15-17-16-6-9-3-14(20)18(7-9)11-1-2-13-10(4-11)5-12(19)8-21-13;16-7-9-3-14(18)15(6-9)11-1-2-13-10(4-11)5-12(17)8-19-13/h1-2,4,9H,3,5-8H2;1-2,4,9,16H,3,5-8H2/t2*9-/m10/s1. The number of Topliss-reactive ketones (excluding diaryl/α,β-unsaturated/α-hetero) is 2. The number of aliphatic hydroxyl groups is 1. The number of azide groups is 1. The van der Waals surface area contributed by atoms with Crippen molar-refractivity contribution in [2.24, 2.45) is 17.0 Å². The highest BCUT2D eigenvalue weighted by molar-refractivity contribution is 5.97. The Bertz CT molecular complexity index is 1400. The largest absolute Gasteiger partial charge is 0.486 e. The van der Waals surface area contributed by atoms with Gasteiger partial charge in [-0.15, -0.1) is 0 Å². The molecule has 0 aromatic heterocycles. The monoisotopic (exact) mass is 547 g/mol. The van der Waals surface area contributed by atoms with Crippen LogP contribution >= 0.6 is 0 Å². The maximum absolute atomic E-state index is 12.1. The van der Waals surface area contributed by atoms with Crippen LogP contribution in [0.2, 0.25) is 0 Å². The van der Waals surface area contributed by atoms with E-state index in [9.17, 15) is 19.2 Å². The van der Waals surface area contributed by atoms with E-state index in [0.29, 0.717) is 56.8 Å². The molecule has 6 rings (SSSR count). The number of ether oxygens (including phenoxy) is 2. The molecule has 0 aliphatic carbocycles. The Morgan fingerprint density at radius 2 is 1.32 bits per heavy atom. The Kier molecular flexibility index (Phi) is 7.99. The minimum atomic E-state index is 0.00131. The van der Waals surface area contributed by atoms with Crippen LogP contribution in [0.15, 0.2) is 41.5 Å². The Morgan fingerprint density at radius 1 is 0.825 bits per heavy atom. The van der Waals surface area contributed by atoms with Crippen LogP contribution in [0.4, 0.5) is 11.4 Å². The number of benzene rings is 2. The molecule has 0 unspecified atom stereocenters. The summed E-state index contributed by atoms with van der Waals surface area (Å²) in [6, 6.07) is 10.9. The van der Waals surface area contributed by atoms with Crippen molar-refractivity contribution in [3.8, 4) is 11.5 Å². The summed E-state index contributed by atoms with van der Waals surface area (Å²) in [6.45, 7) is 1.65. The molecule has 4 heterocycles. The summed E-state index contributed by atoms with van der Waals surface area (Å²) in [5, 5.41) is 12.7. The zero-order chi connectivity index (χ0) is 28.2. The van der Waals surface area contributed by atoms with E-state index in [1.165, 1.54) is 0 Å². The number of anilines is 2. The number of fused-ring (bicyclic) bond motifs is 2. The molecule has 40 heavy (non-hydrogen) atoms. The molecule has 2 amide bonds. The number of carbonyl (C=O) groups is 4. The lowest BCUT2D eigenvalue weighted by molar-refractivity contribution is -0.122. The van der Waals surface area contributed by atoms with E-state index in [-0.39, 0.29) is 55.0 Å². The average molecular weight is 548 g/mol. The van der Waals surface area contributed by atoms with Crippen LogP contribution in [0.25, 0.3) is 10.4 Å². The minimum Gasteiger partial charge on any atom is -0.486 e. The number of aliphatic hydroxyl groups excluding tert-OH is 1. The molecule has 4 aliphatic heterocycles. The molecule has 2 atom stereocenters. The van der Waals surface area contributed by atoms with Crippen molar-refractivity contribution in [1.29, 1.82) is 0 Å². The topological polar surface area (TPSA) is 162 Å². The summed E-state index contributed by atoms with van der Waals surface area (Å²) in [6.07, 6.45) is 1.45. The third-order valence-electron chi connectivity index (χ3n) is 7.34. The van der Waals surface area contributed by atoms with Crippen molar-refractivity contribution in [2.75, 3.05) is 49.3 Å². The lowest BCUT2D eigenvalue weighted by Gasteiger charge is -2.21. The fraction of sp³-hybridized carbons (Fsp3) is 0.429. The zero-order valence-corrected chi connectivity index (χ0v) is 21.8. The lowest BCUT2D eigenvalue weighted by atomic mass is 10.0. The van der Waals surface area contributed by atoms with Gasteiger partial charge in [0.05, 0.1) is 0 Å². The minimum absolute atomic E-state index is 0.00131. The number of hydrogen-bond donors (Lipinski definition) is 1. The molecule has 2 saturated heterocycles. The quantitative estimate of drug-likeness (QED) is 0.341. The smallest absolute Gasteiger partial charge is 0.227 e. The summed E-state index contributed by atoms with van der Waals surface area (Å²) < 4.78 is 10.7. The highest BCUT2D eigenvalue weighted by Gasteiger charge is 2.32. The van der Waals surface area contributed by atoms with Gasteiger partial charge in [0.2, 0.25) is 11.8 Å². The van der Waals surface area contributed by atoms with E-state index in [1.54, 1.807) is 21.9 Å². The first-order valence-electron chi connectivity index (χ1n) is 13.1. The fourth-order valence-electron chi connectivity index (χ4n) is 5.33. The molecule has 2 aromatic carbocycles. The van der Waals surface area contributed by atoms with Crippen molar-refractivity contribution < 1.29 is 33.8 Å². The van der Waals surface area contributed by atoms with Gasteiger partial charge in [-0.25, -0.2) is 0 Å². The third kappa shape index (κ3) is 5.93. The van der Waals surface area contributed by atoms with Crippen molar-refractivity contribution in [3.05, 3.63) is 58.0 Å². The maximum atomic E-state index is 12.1. The Labute approximate surface area is 230 Å². The van der Waals surface area contributed by atoms with Gasteiger partial charge in [0.15, 0.2) is 11.6 Å². The highest BCUT2D eigenvalue weighted by atomic mass is 16.5. The summed E-state index contributed by atoms with van der Waals surface area (Å²) in [7, 11) is 0. The molecular weight excluding hydrogens is 518 g/mol. The molecule has 0 spiro atoms. The van der Waals surface area contributed by atoms with Crippen LogP contribution < -0.4 is 19.3 Å². The highest BCUT2D eigenvalue weighted by Crippen LogP contribution is 2.33. The maximum Gasteiger partial charge on any atom is 0.227 e. The number of rotatable bonds is 5. The predicted molar refractivity (Wildman–Crippen MR) is 143 cm³/mol. The van der Waals surface area contributed by atoms with Crippen LogP contribution in [0.5, 0.6) is 11.5 Å². The second-order valence-corrected chi connectivity index (χ2v) is 10.3. The van der Waals surface area contributed by atoms with Gasteiger partial charge in [0.25, 0.3) is 0 Å². The molecule has 2 fully saturated rings. The molecule has 12 nitrogen and oxygen atoms in total. The fourth-order valence-corrected chi connectivity index (χ4v) is 5.33. The second-order valence-electron chi connectivity index (χ2n) is 10.3. The Morgan fingerprint density at radius 3 is 1.80 bits per heavy atom. The molecule has 208 valence electrons. The van der Waals surface area contributed by atoms with Gasteiger partial charge in [-0.3, -0.25) is 19.2 Å². The molecular formula is C28H29N5O7. The molecule has 12 heteroatoms. The third-order valence-corrected chi connectivity index (χ3v) is 7.34. The van der Waals surface area contributed by atoms with Crippen LogP contribution in [0.1, 0.15) is 24.0 Å². The van der Waals surface area contributed by atoms with Crippen molar-refractivity contribution in [3.63, 3.8) is 0 Å². The number of carbonyl (C=O) groups excluding carboxylic acids is 4. The first-order chi connectivity index (χ1) is 19.3.